The number of carbonyl (C=O) groups is 2. The number of non-ortho nitro benzene ring substituents is 2. The fraction of sp³-hybridized carbons (Fsp3) is 0.250. The summed E-state index contributed by atoms with van der Waals surface area (Å²) in [6.45, 7) is -0.644. The van der Waals surface area contributed by atoms with Gasteiger partial charge in [0, 0.05) is 36.9 Å². The zero-order chi connectivity index (χ0) is 30.8. The number of nitrogens with one attached hydrogen (secondary N) is 1. The quantitative estimate of drug-likeness (QED) is 0.228. The Kier molecular flexibility index (Phi) is 8.18. The van der Waals surface area contributed by atoms with Gasteiger partial charge in [-0.3, -0.25) is 34.6 Å². The normalized spacial score (nSPS) is 18.3. The molecule has 1 N–H and O–H groups in total. The van der Waals surface area contributed by atoms with Gasteiger partial charge < -0.3 is 14.2 Å². The van der Waals surface area contributed by atoms with Crippen molar-refractivity contribution in [2.45, 2.75) is 31.0 Å². The number of hydrogen-bond acceptors (Lipinski definition) is 11. The Morgan fingerprint density at radius 3 is 1.98 bits per heavy atom. The molecule has 0 spiro atoms. The van der Waals surface area contributed by atoms with Gasteiger partial charge in [-0.1, -0.05) is 0 Å². The summed E-state index contributed by atoms with van der Waals surface area (Å²) >= 11 is 0. The van der Waals surface area contributed by atoms with Gasteiger partial charge in [-0.2, -0.15) is 13.2 Å². The van der Waals surface area contributed by atoms with Gasteiger partial charge in [0.05, 0.1) is 21.0 Å². The Morgan fingerprint density at radius 1 is 0.952 bits per heavy atom. The number of aromatic nitrogens is 2. The molecule has 1 aromatic heterocycles. The summed E-state index contributed by atoms with van der Waals surface area (Å²) in [7, 11) is 0. The first kappa shape index (κ1) is 29.6. The fourth-order valence-electron chi connectivity index (χ4n) is 3.93. The predicted octanol–water partition coefficient (Wildman–Crippen LogP) is 2.74. The minimum Gasteiger partial charge on any atom is -0.459 e. The number of nitro groups is 2. The van der Waals surface area contributed by atoms with E-state index in [4.69, 9.17) is 14.2 Å². The summed E-state index contributed by atoms with van der Waals surface area (Å²) < 4.78 is 56.5. The van der Waals surface area contributed by atoms with E-state index in [1.165, 1.54) is 0 Å². The van der Waals surface area contributed by atoms with Gasteiger partial charge in [-0.15, -0.1) is 0 Å². The molecule has 2 aromatic carbocycles. The summed E-state index contributed by atoms with van der Waals surface area (Å²) in [5.41, 5.74) is -5.48. The molecular weight excluding hydrogens is 577 g/mol. The molecule has 1 aliphatic rings. The number of esters is 2. The third-order valence-electron chi connectivity index (χ3n) is 6.03. The smallest absolute Gasteiger partial charge is 0.423 e. The lowest BCUT2D eigenvalue weighted by atomic mass is 10.1. The largest absolute Gasteiger partial charge is 0.459 e. The van der Waals surface area contributed by atoms with Crippen molar-refractivity contribution < 1.29 is 46.8 Å². The third-order valence-corrected chi connectivity index (χ3v) is 6.03. The van der Waals surface area contributed by atoms with E-state index in [0.717, 1.165) is 48.5 Å². The van der Waals surface area contributed by atoms with Crippen molar-refractivity contribution in [3.05, 3.63) is 112 Å². The van der Waals surface area contributed by atoms with E-state index in [1.807, 2.05) is 0 Å². The minimum absolute atomic E-state index is 0.0961. The molecular formula is C24H17F3N4O11. The third kappa shape index (κ3) is 6.49. The van der Waals surface area contributed by atoms with E-state index in [1.54, 1.807) is 4.98 Å². The number of nitrogens with zero attached hydrogens (tertiary/aromatic N) is 3. The Balaban J connectivity index is 1.57. The van der Waals surface area contributed by atoms with Gasteiger partial charge in [0.2, 0.25) is 0 Å². The Morgan fingerprint density at radius 2 is 1.48 bits per heavy atom. The van der Waals surface area contributed by atoms with Crippen LogP contribution < -0.4 is 11.2 Å². The number of ether oxygens (including phenoxy) is 3. The molecule has 0 radical (unpaired) electrons. The van der Waals surface area contributed by atoms with Crippen LogP contribution in [0.15, 0.2) is 64.3 Å². The second kappa shape index (κ2) is 11.6. The zero-order valence-electron chi connectivity index (χ0n) is 20.8. The second-order valence-electron chi connectivity index (χ2n) is 8.72. The monoisotopic (exact) mass is 594 g/mol. The number of hydrogen-bond donors (Lipinski definition) is 1. The molecule has 0 saturated carbocycles. The predicted molar refractivity (Wildman–Crippen MR) is 131 cm³/mol. The van der Waals surface area contributed by atoms with Crippen LogP contribution in [0.2, 0.25) is 0 Å². The van der Waals surface area contributed by atoms with Crippen molar-refractivity contribution in [3.63, 3.8) is 0 Å². The average Bonchev–Trinajstić information content (AvgIpc) is 3.32. The zero-order valence-corrected chi connectivity index (χ0v) is 20.8. The van der Waals surface area contributed by atoms with E-state index in [2.05, 4.69) is 0 Å². The molecule has 0 amide bonds. The first-order chi connectivity index (χ1) is 19.7. The number of carbonyl (C=O) groups excluding carboxylic acids is 2. The second-order valence-corrected chi connectivity index (χ2v) is 8.72. The summed E-state index contributed by atoms with van der Waals surface area (Å²) in [4.78, 5) is 71.1. The maximum absolute atomic E-state index is 13.3. The van der Waals surface area contributed by atoms with E-state index in [9.17, 15) is 52.6 Å². The molecule has 3 aromatic rings. The minimum atomic E-state index is -5.12. The van der Waals surface area contributed by atoms with E-state index >= 15 is 0 Å². The van der Waals surface area contributed by atoms with Crippen LogP contribution >= 0.6 is 0 Å². The van der Waals surface area contributed by atoms with Crippen molar-refractivity contribution in [2.75, 3.05) is 6.61 Å². The number of aromatic amines is 1. The number of alkyl halides is 3. The average molecular weight is 594 g/mol. The first-order valence-electron chi connectivity index (χ1n) is 11.7. The van der Waals surface area contributed by atoms with Crippen LogP contribution in [0.3, 0.4) is 0 Å². The highest BCUT2D eigenvalue weighted by molar-refractivity contribution is 5.90. The van der Waals surface area contributed by atoms with Crippen LogP contribution in [0.4, 0.5) is 24.5 Å². The summed E-state index contributed by atoms with van der Waals surface area (Å²) in [6, 6.07) is 8.59. The molecule has 1 saturated heterocycles. The van der Waals surface area contributed by atoms with Gasteiger partial charge in [0.1, 0.15) is 30.6 Å². The summed E-state index contributed by atoms with van der Waals surface area (Å²) in [5.74, 6) is -1.99. The van der Waals surface area contributed by atoms with Crippen molar-refractivity contribution in [3.8, 4) is 0 Å². The molecule has 18 heteroatoms. The highest BCUT2D eigenvalue weighted by Crippen LogP contribution is 2.33. The van der Waals surface area contributed by atoms with Crippen LogP contribution in [-0.4, -0.2) is 50.2 Å². The van der Waals surface area contributed by atoms with E-state index in [-0.39, 0.29) is 28.7 Å². The molecule has 0 aliphatic carbocycles. The summed E-state index contributed by atoms with van der Waals surface area (Å²) in [6.07, 6.45) is -9.49. The van der Waals surface area contributed by atoms with Crippen molar-refractivity contribution in [1.29, 1.82) is 0 Å². The van der Waals surface area contributed by atoms with Crippen molar-refractivity contribution >= 4 is 23.3 Å². The highest BCUT2D eigenvalue weighted by atomic mass is 19.4. The molecule has 1 fully saturated rings. The van der Waals surface area contributed by atoms with Gasteiger partial charge in [-0.25, -0.2) is 14.4 Å². The van der Waals surface area contributed by atoms with Crippen molar-refractivity contribution in [1.82, 2.24) is 9.55 Å². The molecule has 0 bridgehead atoms. The van der Waals surface area contributed by atoms with Crippen LogP contribution in [0.1, 0.15) is 38.9 Å². The molecule has 0 unspecified atom stereocenters. The molecule has 15 nitrogen and oxygen atoms in total. The molecule has 42 heavy (non-hydrogen) atoms. The lowest BCUT2D eigenvalue weighted by Crippen LogP contribution is -2.36. The SMILES string of the molecule is O=C(OC[C@@H]1O[C@@H](n2cc(C(F)(F)F)c(=O)[nH]c2=O)C[C@H]1OC(=O)c1ccc([N+](=O)[O-])cc1)c1ccc([N+](=O)[O-])cc1. The molecule has 3 atom stereocenters. The van der Waals surface area contributed by atoms with Gasteiger partial charge in [-0.05, 0) is 24.3 Å². The Bertz CT molecular complexity index is 1650. The molecule has 1 aliphatic heterocycles. The van der Waals surface area contributed by atoms with Gasteiger partial charge in [0.15, 0.2) is 0 Å². The summed E-state index contributed by atoms with van der Waals surface area (Å²) in [5, 5.41) is 21.7. The fourth-order valence-corrected chi connectivity index (χ4v) is 3.93. The molecule has 2 heterocycles. The number of H-pyrrole nitrogens is 1. The topological polar surface area (TPSA) is 203 Å². The maximum atomic E-state index is 13.3. The van der Waals surface area contributed by atoms with E-state index in [0.29, 0.717) is 4.57 Å². The Hall–Kier alpha value is -5.39. The Labute approximate surface area is 230 Å². The number of benzene rings is 2. The number of rotatable bonds is 8. The maximum Gasteiger partial charge on any atom is 0.423 e. The molecule has 4 rings (SSSR count). The highest BCUT2D eigenvalue weighted by Gasteiger charge is 2.42. The molecule has 220 valence electrons. The number of nitro benzene ring substituents is 2. The standard InChI is InChI=1S/C24H17F3N4O11/c25-24(26,27)16-10-29(23(35)28-20(16)32)19-9-17(42-22(34)13-3-7-15(8-4-13)31(38)39)18(41-19)11-40-21(33)12-1-5-14(6-2-12)30(36)37/h1-8,10,17-19H,9,11H2,(H,28,32,35)/t17-,18+,19-/m1/s1. The van der Waals surface area contributed by atoms with Crippen LogP contribution in [0.25, 0.3) is 0 Å². The van der Waals surface area contributed by atoms with Gasteiger partial charge >= 0.3 is 23.8 Å². The lowest BCUT2D eigenvalue weighted by Gasteiger charge is -2.19. The van der Waals surface area contributed by atoms with Gasteiger partial charge in [0.25, 0.3) is 16.9 Å². The van der Waals surface area contributed by atoms with Crippen LogP contribution in [0.5, 0.6) is 0 Å². The first-order valence-corrected chi connectivity index (χ1v) is 11.7. The number of halogens is 3. The van der Waals surface area contributed by atoms with Crippen LogP contribution in [-0.2, 0) is 20.4 Å². The van der Waals surface area contributed by atoms with Crippen molar-refractivity contribution in [2.24, 2.45) is 0 Å². The lowest BCUT2D eigenvalue weighted by molar-refractivity contribution is -0.385. The van der Waals surface area contributed by atoms with E-state index < -0.39 is 76.2 Å². The van der Waals surface area contributed by atoms with Crippen LogP contribution in [0, 0.1) is 20.2 Å².